The maximum atomic E-state index is 10.5. The molecule has 1 aliphatic carbocycles. The maximum Gasteiger partial charge on any atom is 0.0695 e. The van der Waals surface area contributed by atoms with Gasteiger partial charge in [0.05, 0.1) is 6.10 Å². The molecule has 0 radical (unpaired) electrons. The van der Waals surface area contributed by atoms with E-state index in [0.717, 1.165) is 38.0 Å². The van der Waals surface area contributed by atoms with Crippen molar-refractivity contribution < 1.29 is 9.84 Å². The van der Waals surface area contributed by atoms with Crippen molar-refractivity contribution in [3.63, 3.8) is 0 Å². The molecule has 3 atom stereocenters. The lowest BCUT2D eigenvalue weighted by Gasteiger charge is -2.47. The van der Waals surface area contributed by atoms with E-state index in [1.165, 1.54) is 32.1 Å². The van der Waals surface area contributed by atoms with Crippen molar-refractivity contribution in [2.75, 3.05) is 26.8 Å². The normalized spacial score (nSPS) is 33.3. The van der Waals surface area contributed by atoms with Crippen LogP contribution in [-0.2, 0) is 4.74 Å². The standard InChI is InChI=1S/C18H35NO2/c1-5-18(2,3)15-6-7-17(20)16(12-15)19-10-8-14(9-11-19)13-21-4/h14-17,20H,5-13H2,1-4H3. The number of piperidine rings is 1. The Kier molecular flexibility index (Phi) is 6.10. The van der Waals surface area contributed by atoms with Gasteiger partial charge < -0.3 is 9.84 Å². The molecule has 0 aromatic heterocycles. The first-order valence-electron chi connectivity index (χ1n) is 8.89. The molecule has 21 heavy (non-hydrogen) atoms. The molecule has 2 fully saturated rings. The average molecular weight is 297 g/mol. The smallest absolute Gasteiger partial charge is 0.0695 e. The summed E-state index contributed by atoms with van der Waals surface area (Å²) in [4.78, 5) is 2.56. The van der Waals surface area contributed by atoms with Crippen LogP contribution in [0.25, 0.3) is 0 Å². The summed E-state index contributed by atoms with van der Waals surface area (Å²) in [5.74, 6) is 1.47. The van der Waals surface area contributed by atoms with Gasteiger partial charge in [-0.05, 0) is 62.4 Å². The zero-order valence-electron chi connectivity index (χ0n) is 14.5. The van der Waals surface area contributed by atoms with Gasteiger partial charge in [0.25, 0.3) is 0 Å². The fraction of sp³-hybridized carbons (Fsp3) is 1.00. The van der Waals surface area contributed by atoms with Crippen LogP contribution < -0.4 is 0 Å². The minimum Gasteiger partial charge on any atom is -0.391 e. The third-order valence-electron chi connectivity index (χ3n) is 6.32. The number of aliphatic hydroxyl groups excluding tert-OH is 1. The highest BCUT2D eigenvalue weighted by molar-refractivity contribution is 4.92. The van der Waals surface area contributed by atoms with Crippen molar-refractivity contribution >= 4 is 0 Å². The molecule has 3 unspecified atom stereocenters. The molecular weight excluding hydrogens is 262 g/mol. The van der Waals surface area contributed by atoms with E-state index in [2.05, 4.69) is 25.7 Å². The molecule has 0 bridgehead atoms. The van der Waals surface area contributed by atoms with E-state index in [-0.39, 0.29) is 6.10 Å². The summed E-state index contributed by atoms with van der Waals surface area (Å²) >= 11 is 0. The van der Waals surface area contributed by atoms with Gasteiger partial charge in [0.2, 0.25) is 0 Å². The van der Waals surface area contributed by atoms with E-state index in [1.807, 2.05) is 0 Å². The van der Waals surface area contributed by atoms with Gasteiger partial charge >= 0.3 is 0 Å². The summed E-state index contributed by atoms with van der Waals surface area (Å²) in [7, 11) is 1.80. The summed E-state index contributed by atoms with van der Waals surface area (Å²) in [5, 5.41) is 10.5. The number of rotatable bonds is 5. The Morgan fingerprint density at radius 1 is 1.14 bits per heavy atom. The lowest BCUT2D eigenvalue weighted by molar-refractivity contribution is -0.0353. The first-order chi connectivity index (χ1) is 9.97. The molecule has 0 aromatic rings. The SMILES string of the molecule is CCC(C)(C)C1CCC(O)C(N2CCC(COC)CC2)C1. The van der Waals surface area contributed by atoms with Gasteiger partial charge in [0.1, 0.15) is 0 Å². The van der Waals surface area contributed by atoms with Crippen LogP contribution in [0.3, 0.4) is 0 Å². The average Bonchev–Trinajstić information content (AvgIpc) is 2.49. The Labute approximate surface area is 131 Å². The quantitative estimate of drug-likeness (QED) is 0.845. The number of nitrogens with zero attached hydrogens (tertiary/aromatic N) is 1. The highest BCUT2D eigenvalue weighted by Gasteiger charge is 2.39. The molecule has 1 N–H and O–H groups in total. The molecule has 3 heteroatoms. The fourth-order valence-electron chi connectivity index (χ4n) is 4.21. The summed E-state index contributed by atoms with van der Waals surface area (Å²) < 4.78 is 5.29. The summed E-state index contributed by atoms with van der Waals surface area (Å²) in [5.41, 5.74) is 0.409. The zero-order valence-corrected chi connectivity index (χ0v) is 14.5. The number of aliphatic hydroxyl groups is 1. The maximum absolute atomic E-state index is 10.5. The number of methoxy groups -OCH3 is 1. The van der Waals surface area contributed by atoms with Crippen molar-refractivity contribution in [2.45, 2.75) is 71.4 Å². The predicted molar refractivity (Wildman–Crippen MR) is 87.4 cm³/mol. The Balaban J connectivity index is 1.92. The van der Waals surface area contributed by atoms with E-state index in [4.69, 9.17) is 4.74 Å². The third kappa shape index (κ3) is 4.20. The lowest BCUT2D eigenvalue weighted by Crippen LogP contribution is -2.52. The second-order valence-corrected chi connectivity index (χ2v) is 7.92. The topological polar surface area (TPSA) is 32.7 Å². The van der Waals surface area contributed by atoms with Gasteiger partial charge in [0, 0.05) is 19.8 Å². The lowest BCUT2D eigenvalue weighted by atomic mass is 9.67. The second kappa shape index (κ2) is 7.43. The van der Waals surface area contributed by atoms with Gasteiger partial charge in [-0.2, -0.15) is 0 Å². The van der Waals surface area contributed by atoms with Crippen LogP contribution in [-0.4, -0.2) is 49.0 Å². The molecule has 2 rings (SSSR count). The van der Waals surface area contributed by atoms with Crippen LogP contribution in [0.1, 0.15) is 59.3 Å². The van der Waals surface area contributed by atoms with Crippen LogP contribution >= 0.6 is 0 Å². The van der Waals surface area contributed by atoms with E-state index in [0.29, 0.717) is 11.5 Å². The van der Waals surface area contributed by atoms with E-state index < -0.39 is 0 Å². The molecule has 0 amide bonds. The van der Waals surface area contributed by atoms with Crippen LogP contribution in [0.5, 0.6) is 0 Å². The molecular formula is C18H35NO2. The second-order valence-electron chi connectivity index (χ2n) is 7.92. The zero-order chi connectivity index (χ0) is 15.5. The monoisotopic (exact) mass is 297 g/mol. The van der Waals surface area contributed by atoms with Gasteiger partial charge in [-0.1, -0.05) is 27.2 Å². The minimum absolute atomic E-state index is 0.118. The van der Waals surface area contributed by atoms with E-state index >= 15 is 0 Å². The van der Waals surface area contributed by atoms with Crippen molar-refractivity contribution in [1.29, 1.82) is 0 Å². The molecule has 1 saturated heterocycles. The number of hydrogen-bond acceptors (Lipinski definition) is 3. The fourth-order valence-corrected chi connectivity index (χ4v) is 4.21. The first-order valence-corrected chi connectivity index (χ1v) is 8.89. The molecule has 0 spiro atoms. The molecule has 0 aromatic carbocycles. The van der Waals surface area contributed by atoms with Crippen LogP contribution in [0.2, 0.25) is 0 Å². The number of likely N-dealkylation sites (tertiary alicyclic amines) is 1. The molecule has 1 aliphatic heterocycles. The van der Waals surface area contributed by atoms with Crippen LogP contribution in [0.4, 0.5) is 0 Å². The van der Waals surface area contributed by atoms with Crippen molar-refractivity contribution in [1.82, 2.24) is 4.90 Å². The van der Waals surface area contributed by atoms with Gasteiger partial charge in [-0.15, -0.1) is 0 Å². The van der Waals surface area contributed by atoms with Crippen molar-refractivity contribution in [3.05, 3.63) is 0 Å². The van der Waals surface area contributed by atoms with Crippen molar-refractivity contribution in [3.8, 4) is 0 Å². The Morgan fingerprint density at radius 2 is 1.81 bits per heavy atom. The molecule has 124 valence electrons. The van der Waals surface area contributed by atoms with E-state index in [9.17, 15) is 5.11 Å². The van der Waals surface area contributed by atoms with Gasteiger partial charge in [-0.25, -0.2) is 0 Å². The minimum atomic E-state index is -0.118. The number of ether oxygens (including phenoxy) is 1. The van der Waals surface area contributed by atoms with Gasteiger partial charge in [-0.3, -0.25) is 4.90 Å². The van der Waals surface area contributed by atoms with Crippen LogP contribution in [0.15, 0.2) is 0 Å². The number of hydrogen-bond donors (Lipinski definition) is 1. The predicted octanol–water partition coefficient (Wildman–Crippen LogP) is 3.31. The highest BCUT2D eigenvalue weighted by atomic mass is 16.5. The molecule has 3 nitrogen and oxygen atoms in total. The molecule has 1 heterocycles. The van der Waals surface area contributed by atoms with E-state index in [1.54, 1.807) is 7.11 Å². The molecule has 1 saturated carbocycles. The Hall–Kier alpha value is -0.120. The molecule has 2 aliphatic rings. The Morgan fingerprint density at radius 3 is 2.38 bits per heavy atom. The summed E-state index contributed by atoms with van der Waals surface area (Å²) in [6.45, 7) is 10.3. The summed E-state index contributed by atoms with van der Waals surface area (Å²) in [6, 6.07) is 0.387. The van der Waals surface area contributed by atoms with Crippen LogP contribution in [0, 0.1) is 17.3 Å². The third-order valence-corrected chi connectivity index (χ3v) is 6.32. The summed E-state index contributed by atoms with van der Waals surface area (Å²) in [6.07, 6.45) is 6.91. The first kappa shape index (κ1) is 17.2. The van der Waals surface area contributed by atoms with Crippen molar-refractivity contribution in [2.24, 2.45) is 17.3 Å². The highest BCUT2D eigenvalue weighted by Crippen LogP contribution is 2.42. The Bertz CT molecular complexity index is 310. The largest absolute Gasteiger partial charge is 0.391 e. The van der Waals surface area contributed by atoms with Gasteiger partial charge in [0.15, 0.2) is 0 Å².